The number of methoxy groups -OCH3 is 6. The Kier molecular flexibility index (Phi) is 9.98. The lowest BCUT2D eigenvalue weighted by atomic mass is 9.80. The molecule has 2 bridgehead atoms. The van der Waals surface area contributed by atoms with Crippen LogP contribution in [-0.2, 0) is 22.5 Å². The zero-order valence-electron chi connectivity index (χ0n) is 29.3. The summed E-state index contributed by atoms with van der Waals surface area (Å²) in [5.41, 5.74) is 4.85. The standard InChI is InChI=1S/C37H44N2O9/c1-20(2)48-37(41)39-27-18-25-29(35(47-10)34(46-9)22(4)32(25)44-7)30(39)26(38(36(27)40)19-23-14-12-11-13-15-23)16-24-17-28(42-5)33(45-8)21(3)31(24)43-6/h11-17,20,27,30H,18-19H2,1-10H3/t27-,30-/m0/s1. The molecule has 0 radical (unpaired) electrons. The topological polar surface area (TPSA) is 105 Å². The maximum atomic E-state index is 14.8. The van der Waals surface area contributed by atoms with Gasteiger partial charge in [-0.3, -0.25) is 9.69 Å². The van der Waals surface area contributed by atoms with Gasteiger partial charge in [-0.2, -0.15) is 0 Å². The Labute approximate surface area is 281 Å². The van der Waals surface area contributed by atoms with Crippen molar-refractivity contribution in [1.29, 1.82) is 0 Å². The molecule has 1 saturated heterocycles. The van der Waals surface area contributed by atoms with E-state index in [0.717, 1.165) is 16.7 Å². The molecule has 0 saturated carbocycles. The van der Waals surface area contributed by atoms with E-state index in [1.807, 2.05) is 50.3 Å². The van der Waals surface area contributed by atoms with Crippen LogP contribution < -0.4 is 28.4 Å². The van der Waals surface area contributed by atoms with Crippen LogP contribution in [-0.4, -0.2) is 76.6 Å². The van der Waals surface area contributed by atoms with E-state index in [1.165, 1.54) is 4.90 Å². The Morgan fingerprint density at radius 2 is 1.44 bits per heavy atom. The van der Waals surface area contributed by atoms with Crippen molar-refractivity contribution in [3.63, 3.8) is 0 Å². The monoisotopic (exact) mass is 660 g/mol. The molecule has 0 aliphatic carbocycles. The van der Waals surface area contributed by atoms with Gasteiger partial charge in [-0.15, -0.1) is 0 Å². The Morgan fingerprint density at radius 1 is 0.833 bits per heavy atom. The minimum absolute atomic E-state index is 0.180. The number of nitrogens with zero attached hydrogens (tertiary/aromatic N) is 2. The molecule has 0 N–H and O–H groups in total. The van der Waals surface area contributed by atoms with Crippen LogP contribution in [0.4, 0.5) is 4.79 Å². The van der Waals surface area contributed by atoms with Crippen molar-refractivity contribution in [2.24, 2.45) is 0 Å². The number of fused-ring (bicyclic) bond motifs is 4. The molecular weight excluding hydrogens is 616 g/mol. The maximum absolute atomic E-state index is 14.8. The highest BCUT2D eigenvalue weighted by Crippen LogP contribution is 2.55. The molecule has 5 rings (SSSR count). The number of carbonyl (C=O) groups excluding carboxylic acids is 2. The molecule has 48 heavy (non-hydrogen) atoms. The van der Waals surface area contributed by atoms with Gasteiger partial charge in [-0.1, -0.05) is 30.3 Å². The quantitative estimate of drug-likeness (QED) is 0.250. The van der Waals surface area contributed by atoms with E-state index in [2.05, 4.69) is 0 Å². The van der Waals surface area contributed by atoms with Crippen LogP contribution in [0.2, 0.25) is 0 Å². The number of piperazine rings is 1. The molecule has 256 valence electrons. The molecular formula is C37H44N2O9. The molecule has 3 aromatic carbocycles. The first-order chi connectivity index (χ1) is 23.1. The predicted molar refractivity (Wildman–Crippen MR) is 180 cm³/mol. The van der Waals surface area contributed by atoms with E-state index in [0.29, 0.717) is 56.9 Å². The van der Waals surface area contributed by atoms with Gasteiger partial charge in [0.25, 0.3) is 0 Å². The van der Waals surface area contributed by atoms with E-state index in [4.69, 9.17) is 33.2 Å². The summed E-state index contributed by atoms with van der Waals surface area (Å²) in [4.78, 5) is 32.2. The summed E-state index contributed by atoms with van der Waals surface area (Å²) >= 11 is 0. The molecule has 2 aliphatic rings. The Balaban J connectivity index is 1.92. The van der Waals surface area contributed by atoms with E-state index >= 15 is 0 Å². The number of rotatable bonds is 10. The van der Waals surface area contributed by atoms with Crippen molar-refractivity contribution < 1.29 is 42.7 Å². The largest absolute Gasteiger partial charge is 0.496 e. The van der Waals surface area contributed by atoms with Crippen LogP contribution in [0, 0.1) is 13.8 Å². The second kappa shape index (κ2) is 14.0. The molecule has 0 spiro atoms. The second-order valence-electron chi connectivity index (χ2n) is 11.9. The predicted octanol–water partition coefficient (Wildman–Crippen LogP) is 6.25. The summed E-state index contributed by atoms with van der Waals surface area (Å²) in [6, 6.07) is 9.75. The number of benzene rings is 3. The number of hydrogen-bond acceptors (Lipinski definition) is 9. The van der Waals surface area contributed by atoms with Crippen LogP contribution in [0.1, 0.15) is 53.3 Å². The normalized spacial score (nSPS) is 17.6. The fourth-order valence-corrected chi connectivity index (χ4v) is 6.97. The summed E-state index contributed by atoms with van der Waals surface area (Å²) in [7, 11) is 9.41. The molecule has 2 atom stereocenters. The second-order valence-corrected chi connectivity index (χ2v) is 11.9. The van der Waals surface area contributed by atoms with Crippen molar-refractivity contribution in [3.8, 4) is 34.5 Å². The van der Waals surface area contributed by atoms with E-state index in [-0.39, 0.29) is 18.9 Å². The SMILES string of the molecule is COc1cc(C=C2[C@H]3c4c(c(OC)c(C)c(OC)c4OC)C[C@@H](C(=O)N2Cc2ccccc2)N3C(=O)OC(C)C)c(OC)c(C)c1OC. The number of ether oxygens (including phenoxy) is 7. The zero-order chi connectivity index (χ0) is 34.9. The van der Waals surface area contributed by atoms with Crippen molar-refractivity contribution in [3.05, 3.63) is 75.5 Å². The van der Waals surface area contributed by atoms with Gasteiger partial charge < -0.3 is 38.1 Å². The molecule has 11 nitrogen and oxygen atoms in total. The van der Waals surface area contributed by atoms with Crippen molar-refractivity contribution in [2.45, 2.75) is 58.8 Å². The highest BCUT2D eigenvalue weighted by atomic mass is 16.6. The molecule has 0 aromatic heterocycles. The van der Waals surface area contributed by atoms with Crippen molar-refractivity contribution in [1.82, 2.24) is 9.80 Å². The Hall–Kier alpha value is -5.06. The first-order valence-electron chi connectivity index (χ1n) is 15.7. The number of amides is 2. The minimum atomic E-state index is -0.893. The molecule has 2 heterocycles. The highest BCUT2D eigenvalue weighted by Gasteiger charge is 2.54. The van der Waals surface area contributed by atoms with Gasteiger partial charge in [0.2, 0.25) is 5.91 Å². The summed E-state index contributed by atoms with van der Waals surface area (Å²) in [6.45, 7) is 7.55. The molecule has 2 aliphatic heterocycles. The lowest BCUT2D eigenvalue weighted by molar-refractivity contribution is -0.141. The van der Waals surface area contributed by atoms with Gasteiger partial charge in [-0.25, -0.2) is 4.79 Å². The fraction of sp³-hybridized carbons (Fsp3) is 0.405. The van der Waals surface area contributed by atoms with E-state index in [1.54, 1.807) is 67.5 Å². The van der Waals surface area contributed by atoms with Crippen LogP contribution in [0.3, 0.4) is 0 Å². The summed E-state index contributed by atoms with van der Waals surface area (Å²) < 4.78 is 41.0. The third-order valence-electron chi connectivity index (χ3n) is 8.89. The maximum Gasteiger partial charge on any atom is 0.411 e. The Bertz CT molecular complexity index is 1740. The van der Waals surface area contributed by atoms with Crippen molar-refractivity contribution >= 4 is 18.1 Å². The molecule has 3 aromatic rings. The highest BCUT2D eigenvalue weighted by molar-refractivity contribution is 5.93. The average Bonchev–Trinajstić information content (AvgIpc) is 3.07. The van der Waals surface area contributed by atoms with Crippen molar-refractivity contribution in [2.75, 3.05) is 42.7 Å². The van der Waals surface area contributed by atoms with Gasteiger partial charge in [0.05, 0.1) is 55.3 Å². The Morgan fingerprint density at radius 3 is 2.00 bits per heavy atom. The fourth-order valence-electron chi connectivity index (χ4n) is 6.97. The molecule has 1 fully saturated rings. The van der Waals surface area contributed by atoms with Gasteiger partial charge in [-0.05, 0) is 45.4 Å². The third kappa shape index (κ3) is 5.71. The minimum Gasteiger partial charge on any atom is -0.496 e. The zero-order valence-corrected chi connectivity index (χ0v) is 29.3. The van der Waals surface area contributed by atoms with Gasteiger partial charge in [0.15, 0.2) is 23.0 Å². The van der Waals surface area contributed by atoms with Gasteiger partial charge >= 0.3 is 6.09 Å². The third-order valence-corrected chi connectivity index (χ3v) is 8.89. The van der Waals surface area contributed by atoms with Crippen LogP contribution in [0.5, 0.6) is 34.5 Å². The first-order valence-corrected chi connectivity index (χ1v) is 15.7. The summed E-state index contributed by atoms with van der Waals surface area (Å²) in [5.74, 6) is 2.73. The molecule has 2 amide bonds. The average molecular weight is 661 g/mol. The smallest absolute Gasteiger partial charge is 0.411 e. The molecule has 11 heteroatoms. The summed E-state index contributed by atoms with van der Waals surface area (Å²) in [6.07, 6.45) is 0.985. The van der Waals surface area contributed by atoms with Crippen LogP contribution in [0.15, 0.2) is 42.1 Å². The van der Waals surface area contributed by atoms with Gasteiger partial charge in [0, 0.05) is 39.9 Å². The van der Waals surface area contributed by atoms with Crippen LogP contribution in [0.25, 0.3) is 6.08 Å². The number of carbonyl (C=O) groups is 2. The number of hydrogen-bond donors (Lipinski definition) is 0. The molecule has 0 unspecified atom stereocenters. The van der Waals surface area contributed by atoms with Crippen LogP contribution >= 0.6 is 0 Å². The lowest BCUT2D eigenvalue weighted by Crippen LogP contribution is -2.61. The van der Waals surface area contributed by atoms with E-state index in [9.17, 15) is 9.59 Å². The first kappa shape index (κ1) is 34.3. The van der Waals surface area contributed by atoms with Gasteiger partial charge in [0.1, 0.15) is 23.6 Å². The lowest BCUT2D eigenvalue weighted by Gasteiger charge is -2.51. The van der Waals surface area contributed by atoms with E-state index < -0.39 is 24.3 Å². The summed E-state index contributed by atoms with van der Waals surface area (Å²) in [5, 5.41) is 0.